The summed E-state index contributed by atoms with van der Waals surface area (Å²) in [6.07, 6.45) is 7.63. The Balaban J connectivity index is 1.31. The van der Waals surface area contributed by atoms with Crippen LogP contribution in [0.5, 0.6) is 5.75 Å². The Bertz CT molecular complexity index is 1030. The van der Waals surface area contributed by atoms with Gasteiger partial charge in [-0.05, 0) is 80.5 Å². The molecule has 0 aliphatic heterocycles. The van der Waals surface area contributed by atoms with E-state index in [1.807, 2.05) is 5.38 Å². The Hall–Kier alpha value is -2.13. The van der Waals surface area contributed by atoms with E-state index >= 15 is 0 Å². The largest absolute Gasteiger partial charge is 0.482 e. The van der Waals surface area contributed by atoms with Crippen LogP contribution in [0.2, 0.25) is 0 Å². The fourth-order valence-electron chi connectivity index (χ4n) is 6.02. The third-order valence-corrected chi connectivity index (χ3v) is 9.05. The molecule has 1 aromatic heterocycles. The van der Waals surface area contributed by atoms with E-state index in [2.05, 4.69) is 4.72 Å². The Morgan fingerprint density at radius 3 is 2.30 bits per heavy atom. The highest BCUT2D eigenvalue weighted by molar-refractivity contribution is 7.93. The molecule has 0 radical (unpaired) electrons. The molecule has 4 aliphatic carbocycles. The summed E-state index contributed by atoms with van der Waals surface area (Å²) in [5.74, 6) is 1.63. The number of nitrogens with zero attached hydrogens (tertiary/aromatic N) is 1. The van der Waals surface area contributed by atoms with Crippen LogP contribution < -0.4 is 9.46 Å². The highest BCUT2D eigenvalue weighted by Gasteiger charge is 2.52. The van der Waals surface area contributed by atoms with Crippen molar-refractivity contribution in [1.82, 2.24) is 4.98 Å². The SMILES string of the molecule is O=C(O)COc1ccc(S(=O)(=O)Nc2nc(C34CC5CC(CC(C5)C3)C4)cs2)cc1. The zero-order valence-corrected chi connectivity index (χ0v) is 18.0. The summed E-state index contributed by atoms with van der Waals surface area (Å²) in [6.45, 7) is -0.476. The molecule has 1 aromatic carbocycles. The average molecular weight is 449 g/mol. The summed E-state index contributed by atoms with van der Waals surface area (Å²) in [6, 6.07) is 5.68. The maximum atomic E-state index is 12.8. The van der Waals surface area contributed by atoms with Crippen molar-refractivity contribution in [3.8, 4) is 5.75 Å². The molecule has 7 nitrogen and oxygen atoms in total. The third kappa shape index (κ3) is 3.69. The zero-order chi connectivity index (χ0) is 20.9. The molecular weight excluding hydrogens is 424 g/mol. The van der Waals surface area contributed by atoms with Crippen LogP contribution in [0.3, 0.4) is 0 Å². The highest BCUT2D eigenvalue weighted by Crippen LogP contribution is 2.60. The summed E-state index contributed by atoms with van der Waals surface area (Å²) in [5, 5.41) is 11.1. The smallest absolute Gasteiger partial charge is 0.341 e. The lowest BCUT2D eigenvalue weighted by Gasteiger charge is -2.56. The Kier molecular flexibility index (Phi) is 4.77. The van der Waals surface area contributed by atoms with Crippen LogP contribution in [0, 0.1) is 17.8 Å². The van der Waals surface area contributed by atoms with Gasteiger partial charge in [-0.25, -0.2) is 18.2 Å². The molecule has 1 heterocycles. The molecule has 0 atom stereocenters. The number of aliphatic carboxylic acids is 1. The lowest BCUT2D eigenvalue weighted by atomic mass is 9.49. The monoisotopic (exact) mass is 448 g/mol. The van der Waals surface area contributed by atoms with E-state index in [1.165, 1.54) is 74.1 Å². The predicted molar refractivity (Wildman–Crippen MR) is 112 cm³/mol. The van der Waals surface area contributed by atoms with Gasteiger partial charge in [0.25, 0.3) is 10.0 Å². The normalized spacial score (nSPS) is 29.7. The maximum Gasteiger partial charge on any atom is 0.341 e. The number of ether oxygens (including phenoxy) is 1. The van der Waals surface area contributed by atoms with Gasteiger partial charge in [0, 0.05) is 10.8 Å². The minimum atomic E-state index is -3.78. The molecule has 0 spiro atoms. The number of hydrogen-bond donors (Lipinski definition) is 2. The number of carboxylic acid groups (broad SMARTS) is 1. The highest BCUT2D eigenvalue weighted by atomic mass is 32.2. The molecule has 2 N–H and O–H groups in total. The molecule has 4 saturated carbocycles. The third-order valence-electron chi connectivity index (χ3n) is 6.80. The molecule has 6 rings (SSSR count). The van der Waals surface area contributed by atoms with Gasteiger partial charge in [0.15, 0.2) is 11.7 Å². The maximum absolute atomic E-state index is 12.8. The number of carbonyl (C=O) groups is 1. The number of sulfonamides is 1. The fraction of sp³-hybridized carbons (Fsp3) is 0.524. The number of rotatable bonds is 7. The molecule has 9 heteroatoms. The Morgan fingerprint density at radius 2 is 1.73 bits per heavy atom. The number of anilines is 1. The van der Waals surface area contributed by atoms with Crippen LogP contribution >= 0.6 is 11.3 Å². The van der Waals surface area contributed by atoms with Gasteiger partial charge in [-0.1, -0.05) is 0 Å². The minimum absolute atomic E-state index is 0.0803. The van der Waals surface area contributed by atoms with Gasteiger partial charge in [-0.3, -0.25) is 4.72 Å². The van der Waals surface area contributed by atoms with Gasteiger partial charge in [0.1, 0.15) is 5.75 Å². The van der Waals surface area contributed by atoms with Crippen molar-refractivity contribution >= 4 is 32.5 Å². The molecule has 160 valence electrons. The van der Waals surface area contributed by atoms with E-state index in [0.29, 0.717) is 10.9 Å². The number of carboxylic acids is 1. The standard InChI is InChI=1S/C21H24N2O5S2/c24-19(25)11-28-16-1-3-17(4-2-16)30(26,27)23-20-22-18(12-29-20)21-8-13-5-14(9-21)7-15(6-13)10-21/h1-4,12-15H,5-11H2,(H,22,23)(H,24,25). The van der Waals surface area contributed by atoms with Crippen LogP contribution in [-0.2, 0) is 20.2 Å². The molecule has 30 heavy (non-hydrogen) atoms. The molecule has 4 fully saturated rings. The molecule has 4 bridgehead atoms. The van der Waals surface area contributed by atoms with Crippen LogP contribution in [0.15, 0.2) is 34.5 Å². The fourth-order valence-corrected chi connectivity index (χ4v) is 8.11. The molecule has 2 aromatic rings. The molecule has 0 amide bonds. The summed E-state index contributed by atoms with van der Waals surface area (Å²) < 4.78 is 33.2. The second-order valence-corrected chi connectivity index (χ2v) is 11.5. The lowest BCUT2D eigenvalue weighted by molar-refractivity contribution is -0.139. The number of nitrogens with one attached hydrogen (secondary N) is 1. The van der Waals surface area contributed by atoms with Crippen LogP contribution in [0.25, 0.3) is 0 Å². The molecule has 4 aliphatic rings. The number of aromatic nitrogens is 1. The van der Waals surface area contributed by atoms with Crippen LogP contribution in [0.4, 0.5) is 5.13 Å². The van der Waals surface area contributed by atoms with Gasteiger partial charge in [0.2, 0.25) is 0 Å². The van der Waals surface area contributed by atoms with Crippen molar-refractivity contribution in [3.63, 3.8) is 0 Å². The zero-order valence-electron chi connectivity index (χ0n) is 16.4. The van der Waals surface area contributed by atoms with E-state index < -0.39 is 22.6 Å². The van der Waals surface area contributed by atoms with Crippen LogP contribution in [-0.4, -0.2) is 31.1 Å². The first-order chi connectivity index (χ1) is 14.3. The van der Waals surface area contributed by atoms with E-state index in [1.54, 1.807) is 0 Å². The summed E-state index contributed by atoms with van der Waals surface area (Å²) in [5.41, 5.74) is 1.19. The van der Waals surface area contributed by atoms with Crippen molar-refractivity contribution in [2.45, 2.75) is 48.8 Å². The first kappa shape index (κ1) is 19.8. The molecule has 0 unspecified atom stereocenters. The van der Waals surface area contributed by atoms with Gasteiger partial charge in [-0.15, -0.1) is 11.3 Å². The second kappa shape index (κ2) is 7.23. The number of thiazole rings is 1. The first-order valence-electron chi connectivity index (χ1n) is 10.2. The van der Waals surface area contributed by atoms with E-state index in [9.17, 15) is 13.2 Å². The minimum Gasteiger partial charge on any atom is -0.482 e. The first-order valence-corrected chi connectivity index (χ1v) is 12.6. The van der Waals surface area contributed by atoms with Gasteiger partial charge < -0.3 is 9.84 Å². The summed E-state index contributed by atoms with van der Waals surface area (Å²) in [4.78, 5) is 15.4. The lowest BCUT2D eigenvalue weighted by Crippen LogP contribution is -2.48. The average Bonchev–Trinajstić information content (AvgIpc) is 3.14. The van der Waals surface area contributed by atoms with Crippen molar-refractivity contribution < 1.29 is 23.1 Å². The van der Waals surface area contributed by atoms with Crippen molar-refractivity contribution in [2.75, 3.05) is 11.3 Å². The van der Waals surface area contributed by atoms with Crippen molar-refractivity contribution in [3.05, 3.63) is 35.3 Å². The molecule has 0 saturated heterocycles. The van der Waals surface area contributed by atoms with Gasteiger partial charge in [-0.2, -0.15) is 0 Å². The molecular formula is C21H24N2O5S2. The number of hydrogen-bond acceptors (Lipinski definition) is 6. The van der Waals surface area contributed by atoms with E-state index in [4.69, 9.17) is 14.8 Å². The van der Waals surface area contributed by atoms with E-state index in [-0.39, 0.29) is 10.3 Å². The predicted octanol–water partition coefficient (Wildman–Crippen LogP) is 3.88. The topological polar surface area (TPSA) is 106 Å². The van der Waals surface area contributed by atoms with Crippen LogP contribution in [0.1, 0.15) is 44.2 Å². The quantitative estimate of drug-likeness (QED) is 0.666. The summed E-state index contributed by atoms with van der Waals surface area (Å²) >= 11 is 1.34. The Labute approximate surface area is 179 Å². The van der Waals surface area contributed by atoms with Crippen molar-refractivity contribution in [1.29, 1.82) is 0 Å². The summed E-state index contributed by atoms with van der Waals surface area (Å²) in [7, 11) is -3.78. The number of benzene rings is 1. The van der Waals surface area contributed by atoms with Gasteiger partial charge in [0.05, 0.1) is 10.6 Å². The Morgan fingerprint density at radius 1 is 1.13 bits per heavy atom. The van der Waals surface area contributed by atoms with Crippen molar-refractivity contribution in [2.24, 2.45) is 17.8 Å². The second-order valence-electron chi connectivity index (χ2n) is 9.00. The van der Waals surface area contributed by atoms with E-state index in [0.717, 1.165) is 23.4 Å². The van der Waals surface area contributed by atoms with Gasteiger partial charge >= 0.3 is 5.97 Å².